The molecule has 0 N–H and O–H groups in total. The van der Waals surface area contributed by atoms with E-state index >= 15 is 0 Å². The van der Waals surface area contributed by atoms with E-state index in [4.69, 9.17) is 4.74 Å². The SMILES string of the molecule is CCCCOCCCN1CCN(C(C)(C)C)CC1. The van der Waals surface area contributed by atoms with Gasteiger partial charge in [-0.2, -0.15) is 0 Å². The molecule has 1 rings (SSSR count). The first kappa shape index (κ1) is 15.9. The summed E-state index contributed by atoms with van der Waals surface area (Å²) < 4.78 is 5.60. The molecule has 0 radical (unpaired) electrons. The van der Waals surface area contributed by atoms with Crippen molar-refractivity contribution in [2.45, 2.75) is 52.5 Å². The van der Waals surface area contributed by atoms with Gasteiger partial charge in [0.25, 0.3) is 0 Å². The third-order valence-electron chi connectivity index (χ3n) is 3.73. The van der Waals surface area contributed by atoms with E-state index in [-0.39, 0.29) is 0 Å². The summed E-state index contributed by atoms with van der Waals surface area (Å²) in [4.78, 5) is 5.16. The molecule has 0 aromatic carbocycles. The van der Waals surface area contributed by atoms with Crippen LogP contribution in [0.1, 0.15) is 47.0 Å². The Labute approximate surface area is 113 Å². The van der Waals surface area contributed by atoms with E-state index in [1.165, 1.54) is 52.0 Å². The highest BCUT2D eigenvalue weighted by Gasteiger charge is 2.25. The molecule has 3 heteroatoms. The molecule has 108 valence electrons. The Balaban J connectivity index is 2.02. The van der Waals surface area contributed by atoms with Crippen LogP contribution in [0.25, 0.3) is 0 Å². The van der Waals surface area contributed by atoms with E-state index in [9.17, 15) is 0 Å². The zero-order valence-electron chi connectivity index (χ0n) is 12.9. The fourth-order valence-electron chi connectivity index (χ4n) is 2.38. The number of ether oxygens (including phenoxy) is 1. The molecule has 0 spiro atoms. The largest absolute Gasteiger partial charge is 0.381 e. The van der Waals surface area contributed by atoms with Crippen molar-refractivity contribution in [1.29, 1.82) is 0 Å². The van der Waals surface area contributed by atoms with Crippen molar-refractivity contribution in [2.75, 3.05) is 45.9 Å². The number of nitrogens with zero attached hydrogens (tertiary/aromatic N) is 2. The van der Waals surface area contributed by atoms with Crippen molar-refractivity contribution in [3.8, 4) is 0 Å². The lowest BCUT2D eigenvalue weighted by molar-refractivity contribution is 0.0547. The monoisotopic (exact) mass is 256 g/mol. The number of piperazine rings is 1. The maximum atomic E-state index is 5.60. The molecule has 0 aromatic rings. The second-order valence-electron chi connectivity index (χ2n) is 6.32. The summed E-state index contributed by atoms with van der Waals surface area (Å²) in [6.45, 7) is 17.0. The standard InChI is InChI=1S/C15H32N2O/c1-5-6-13-18-14-7-8-16-9-11-17(12-10-16)15(2,3)4/h5-14H2,1-4H3. The van der Waals surface area contributed by atoms with Gasteiger partial charge in [-0.1, -0.05) is 13.3 Å². The van der Waals surface area contributed by atoms with Crippen LogP contribution in [-0.2, 0) is 4.74 Å². The molecule has 1 saturated heterocycles. The average Bonchev–Trinajstić information content (AvgIpc) is 2.33. The molecule has 0 bridgehead atoms. The molecule has 1 aliphatic rings. The van der Waals surface area contributed by atoms with E-state index in [1.54, 1.807) is 0 Å². The Hall–Kier alpha value is -0.120. The lowest BCUT2D eigenvalue weighted by Gasteiger charge is -2.42. The van der Waals surface area contributed by atoms with Gasteiger partial charge >= 0.3 is 0 Å². The average molecular weight is 256 g/mol. The summed E-state index contributed by atoms with van der Waals surface area (Å²) in [5.74, 6) is 0. The minimum absolute atomic E-state index is 0.329. The van der Waals surface area contributed by atoms with E-state index in [1.807, 2.05) is 0 Å². The van der Waals surface area contributed by atoms with Gasteiger partial charge in [0.1, 0.15) is 0 Å². The van der Waals surface area contributed by atoms with Gasteiger partial charge in [0, 0.05) is 51.5 Å². The molecular formula is C15H32N2O. The van der Waals surface area contributed by atoms with Gasteiger partial charge in [0.05, 0.1) is 0 Å². The van der Waals surface area contributed by atoms with Crippen molar-refractivity contribution < 1.29 is 4.74 Å². The highest BCUT2D eigenvalue weighted by Crippen LogP contribution is 2.15. The molecule has 0 aliphatic carbocycles. The molecule has 0 aromatic heterocycles. The zero-order valence-corrected chi connectivity index (χ0v) is 12.9. The lowest BCUT2D eigenvalue weighted by Crippen LogP contribution is -2.53. The first-order chi connectivity index (χ1) is 8.54. The minimum atomic E-state index is 0.329. The summed E-state index contributed by atoms with van der Waals surface area (Å²) in [7, 11) is 0. The van der Waals surface area contributed by atoms with Crippen LogP contribution in [0.5, 0.6) is 0 Å². The van der Waals surface area contributed by atoms with Crippen molar-refractivity contribution in [3.63, 3.8) is 0 Å². The topological polar surface area (TPSA) is 15.7 Å². The number of hydrogen-bond donors (Lipinski definition) is 0. The van der Waals surface area contributed by atoms with Gasteiger partial charge < -0.3 is 9.64 Å². The molecule has 1 heterocycles. The molecule has 18 heavy (non-hydrogen) atoms. The molecule has 0 unspecified atom stereocenters. The predicted octanol–water partition coefficient (Wildman–Crippen LogP) is 2.61. The third kappa shape index (κ3) is 6.17. The van der Waals surface area contributed by atoms with Crippen LogP contribution in [0.15, 0.2) is 0 Å². The highest BCUT2D eigenvalue weighted by atomic mass is 16.5. The predicted molar refractivity (Wildman–Crippen MR) is 78.1 cm³/mol. The van der Waals surface area contributed by atoms with Gasteiger partial charge in [0.2, 0.25) is 0 Å². The van der Waals surface area contributed by atoms with Crippen molar-refractivity contribution in [1.82, 2.24) is 9.80 Å². The van der Waals surface area contributed by atoms with Crippen LogP contribution in [0.4, 0.5) is 0 Å². The van der Waals surface area contributed by atoms with Crippen molar-refractivity contribution in [2.24, 2.45) is 0 Å². The lowest BCUT2D eigenvalue weighted by atomic mass is 10.0. The summed E-state index contributed by atoms with van der Waals surface area (Å²) in [6.07, 6.45) is 3.61. The van der Waals surface area contributed by atoms with Crippen LogP contribution in [-0.4, -0.2) is 61.3 Å². The van der Waals surface area contributed by atoms with Crippen LogP contribution in [0.3, 0.4) is 0 Å². The van der Waals surface area contributed by atoms with Crippen molar-refractivity contribution >= 4 is 0 Å². The van der Waals surface area contributed by atoms with Crippen LogP contribution >= 0.6 is 0 Å². The molecule has 0 atom stereocenters. The Morgan fingerprint density at radius 3 is 2.11 bits per heavy atom. The number of rotatable bonds is 7. The first-order valence-corrected chi connectivity index (χ1v) is 7.59. The second-order valence-corrected chi connectivity index (χ2v) is 6.32. The molecular weight excluding hydrogens is 224 g/mol. The third-order valence-corrected chi connectivity index (χ3v) is 3.73. The van der Waals surface area contributed by atoms with Gasteiger partial charge in [-0.25, -0.2) is 0 Å². The summed E-state index contributed by atoms with van der Waals surface area (Å²) in [5.41, 5.74) is 0.329. The first-order valence-electron chi connectivity index (χ1n) is 7.59. The summed E-state index contributed by atoms with van der Waals surface area (Å²) >= 11 is 0. The van der Waals surface area contributed by atoms with Gasteiger partial charge in [-0.15, -0.1) is 0 Å². The Morgan fingerprint density at radius 2 is 1.56 bits per heavy atom. The van der Waals surface area contributed by atoms with E-state index in [0.29, 0.717) is 5.54 Å². The zero-order chi connectivity index (χ0) is 13.4. The number of hydrogen-bond acceptors (Lipinski definition) is 3. The van der Waals surface area contributed by atoms with Gasteiger partial charge in [0.15, 0.2) is 0 Å². The Bertz CT molecular complexity index is 205. The Kier molecular flexibility index (Phi) is 7.20. The van der Waals surface area contributed by atoms with Crippen LogP contribution in [0, 0.1) is 0 Å². The van der Waals surface area contributed by atoms with Gasteiger partial charge in [-0.3, -0.25) is 4.90 Å². The van der Waals surface area contributed by atoms with Crippen molar-refractivity contribution in [3.05, 3.63) is 0 Å². The van der Waals surface area contributed by atoms with Crippen LogP contribution in [0.2, 0.25) is 0 Å². The molecule has 0 amide bonds. The smallest absolute Gasteiger partial charge is 0.0478 e. The molecule has 0 saturated carbocycles. The van der Waals surface area contributed by atoms with E-state index in [2.05, 4.69) is 37.5 Å². The van der Waals surface area contributed by atoms with E-state index in [0.717, 1.165) is 13.2 Å². The maximum absolute atomic E-state index is 5.60. The molecule has 3 nitrogen and oxygen atoms in total. The molecule has 1 aliphatic heterocycles. The fourth-order valence-corrected chi connectivity index (χ4v) is 2.38. The molecule has 1 fully saturated rings. The number of unbranched alkanes of at least 4 members (excludes halogenated alkanes) is 1. The minimum Gasteiger partial charge on any atom is -0.381 e. The highest BCUT2D eigenvalue weighted by molar-refractivity contribution is 4.81. The fraction of sp³-hybridized carbons (Fsp3) is 1.00. The quantitative estimate of drug-likeness (QED) is 0.651. The van der Waals surface area contributed by atoms with E-state index < -0.39 is 0 Å². The van der Waals surface area contributed by atoms with Gasteiger partial charge in [-0.05, 0) is 33.6 Å². The summed E-state index contributed by atoms with van der Waals surface area (Å²) in [5, 5.41) is 0. The maximum Gasteiger partial charge on any atom is 0.0478 e. The second kappa shape index (κ2) is 8.13. The summed E-state index contributed by atoms with van der Waals surface area (Å²) in [6, 6.07) is 0. The normalized spacial score (nSPS) is 19.3. The van der Waals surface area contributed by atoms with Crippen LogP contribution < -0.4 is 0 Å². The Morgan fingerprint density at radius 1 is 0.944 bits per heavy atom.